The third-order valence-electron chi connectivity index (χ3n) is 3.40. The molecule has 0 aliphatic carbocycles. The van der Waals surface area contributed by atoms with Crippen molar-refractivity contribution in [3.8, 4) is 10.4 Å². The highest BCUT2D eigenvalue weighted by Gasteiger charge is 2.09. The normalized spacial score (nSPS) is 10.7. The fourth-order valence-corrected chi connectivity index (χ4v) is 3.13. The van der Waals surface area contributed by atoms with Gasteiger partial charge in [-0.25, -0.2) is 9.37 Å². The highest BCUT2D eigenvalue weighted by Crippen LogP contribution is 2.28. The van der Waals surface area contributed by atoms with Crippen LogP contribution >= 0.6 is 11.3 Å². The maximum Gasteiger partial charge on any atom is 0.261 e. The van der Waals surface area contributed by atoms with Gasteiger partial charge in [0.2, 0.25) is 0 Å². The van der Waals surface area contributed by atoms with Gasteiger partial charge in [-0.1, -0.05) is 12.1 Å². The van der Waals surface area contributed by atoms with Crippen LogP contribution in [0.25, 0.3) is 10.4 Å². The van der Waals surface area contributed by atoms with Crippen LogP contribution < -0.4 is 5.32 Å². The molecule has 1 amide bonds. The molecule has 3 rings (SSSR count). The first-order valence-electron chi connectivity index (χ1n) is 7.32. The molecule has 0 spiro atoms. The van der Waals surface area contributed by atoms with Crippen molar-refractivity contribution in [2.75, 3.05) is 6.54 Å². The Morgan fingerprint density at radius 1 is 1.22 bits per heavy atom. The van der Waals surface area contributed by atoms with E-state index >= 15 is 0 Å². The average molecular weight is 329 g/mol. The molecule has 0 saturated carbocycles. The Balaban J connectivity index is 1.52. The standard InChI is InChI=1S/C17H16FN3OS/c18-14-4-2-13(3-5-14)15-6-7-16(23-15)17(22)20-8-1-10-21-11-9-19-12-21/h2-7,9,11-12H,1,8,10H2,(H,20,22). The van der Waals surface area contributed by atoms with Crippen LogP contribution in [0.15, 0.2) is 55.1 Å². The number of hydrogen-bond acceptors (Lipinski definition) is 3. The zero-order chi connectivity index (χ0) is 16.1. The molecule has 2 aromatic heterocycles. The predicted octanol–water partition coefficient (Wildman–Crippen LogP) is 3.57. The van der Waals surface area contributed by atoms with Crippen LogP contribution in [-0.4, -0.2) is 22.0 Å². The van der Waals surface area contributed by atoms with Gasteiger partial charge in [-0.15, -0.1) is 11.3 Å². The number of aryl methyl sites for hydroxylation is 1. The summed E-state index contributed by atoms with van der Waals surface area (Å²) in [7, 11) is 0. The lowest BCUT2D eigenvalue weighted by Crippen LogP contribution is -2.24. The minimum atomic E-state index is -0.263. The third-order valence-corrected chi connectivity index (χ3v) is 4.53. The largest absolute Gasteiger partial charge is 0.351 e. The number of nitrogens with one attached hydrogen (secondary N) is 1. The van der Waals surface area contributed by atoms with E-state index in [-0.39, 0.29) is 11.7 Å². The Morgan fingerprint density at radius 2 is 2.04 bits per heavy atom. The molecule has 0 unspecified atom stereocenters. The number of halogens is 1. The van der Waals surface area contributed by atoms with E-state index in [1.165, 1.54) is 23.5 Å². The van der Waals surface area contributed by atoms with Gasteiger partial charge in [0, 0.05) is 30.4 Å². The lowest BCUT2D eigenvalue weighted by atomic mass is 10.2. The van der Waals surface area contributed by atoms with Crippen LogP contribution in [0, 0.1) is 5.82 Å². The molecule has 1 N–H and O–H groups in total. The number of hydrogen-bond donors (Lipinski definition) is 1. The van der Waals surface area contributed by atoms with Gasteiger partial charge in [-0.3, -0.25) is 4.79 Å². The summed E-state index contributed by atoms with van der Waals surface area (Å²) in [6, 6.07) is 9.96. The average Bonchev–Trinajstić information content (AvgIpc) is 3.24. The number of aromatic nitrogens is 2. The fraction of sp³-hybridized carbons (Fsp3) is 0.176. The molecule has 0 radical (unpaired) electrons. The lowest BCUT2D eigenvalue weighted by molar-refractivity contribution is 0.0957. The number of nitrogens with zero attached hydrogens (tertiary/aromatic N) is 2. The number of carbonyl (C=O) groups is 1. The molecule has 3 aromatic rings. The van der Waals surface area contributed by atoms with Gasteiger partial charge < -0.3 is 9.88 Å². The van der Waals surface area contributed by atoms with Crippen molar-refractivity contribution in [2.45, 2.75) is 13.0 Å². The maximum absolute atomic E-state index is 12.9. The molecule has 0 saturated heterocycles. The van der Waals surface area contributed by atoms with E-state index in [0.29, 0.717) is 11.4 Å². The Hall–Kier alpha value is -2.47. The van der Waals surface area contributed by atoms with Gasteiger partial charge in [0.05, 0.1) is 11.2 Å². The van der Waals surface area contributed by atoms with Crippen molar-refractivity contribution in [2.24, 2.45) is 0 Å². The molecule has 1 aromatic carbocycles. The summed E-state index contributed by atoms with van der Waals surface area (Å²) in [6.07, 6.45) is 6.24. The minimum Gasteiger partial charge on any atom is -0.351 e. The van der Waals surface area contributed by atoms with E-state index in [4.69, 9.17) is 0 Å². The van der Waals surface area contributed by atoms with E-state index < -0.39 is 0 Å². The van der Waals surface area contributed by atoms with Crippen molar-refractivity contribution in [3.63, 3.8) is 0 Å². The second-order valence-corrected chi connectivity index (χ2v) is 6.16. The Labute approximate surface area is 137 Å². The topological polar surface area (TPSA) is 46.9 Å². The van der Waals surface area contributed by atoms with E-state index in [2.05, 4.69) is 10.3 Å². The summed E-state index contributed by atoms with van der Waals surface area (Å²) in [6.45, 7) is 1.44. The predicted molar refractivity (Wildman–Crippen MR) is 88.9 cm³/mol. The Bertz CT molecular complexity index is 766. The van der Waals surface area contributed by atoms with Crippen LogP contribution in [0.2, 0.25) is 0 Å². The van der Waals surface area contributed by atoms with Crippen LogP contribution in [0.1, 0.15) is 16.1 Å². The van der Waals surface area contributed by atoms with Crippen LogP contribution in [0.3, 0.4) is 0 Å². The number of rotatable bonds is 6. The summed E-state index contributed by atoms with van der Waals surface area (Å²) in [4.78, 5) is 17.7. The van der Waals surface area contributed by atoms with Gasteiger partial charge in [0.25, 0.3) is 5.91 Å². The van der Waals surface area contributed by atoms with E-state index in [1.54, 1.807) is 30.7 Å². The van der Waals surface area contributed by atoms with Crippen molar-refractivity contribution < 1.29 is 9.18 Å². The van der Waals surface area contributed by atoms with Gasteiger partial charge in [0.15, 0.2) is 0 Å². The molecule has 0 aliphatic rings. The fourth-order valence-electron chi connectivity index (χ4n) is 2.20. The number of benzene rings is 1. The molecular weight excluding hydrogens is 313 g/mol. The molecule has 4 nitrogen and oxygen atoms in total. The van der Waals surface area contributed by atoms with Gasteiger partial charge in [-0.05, 0) is 36.2 Å². The first-order valence-corrected chi connectivity index (χ1v) is 8.14. The van der Waals surface area contributed by atoms with Gasteiger partial charge >= 0.3 is 0 Å². The molecule has 118 valence electrons. The molecule has 0 atom stereocenters. The monoisotopic (exact) mass is 329 g/mol. The summed E-state index contributed by atoms with van der Waals surface area (Å²) >= 11 is 1.41. The second kappa shape index (κ2) is 7.19. The van der Waals surface area contributed by atoms with Crippen molar-refractivity contribution in [3.05, 3.63) is 65.8 Å². The van der Waals surface area contributed by atoms with Crippen molar-refractivity contribution in [1.29, 1.82) is 0 Å². The summed E-state index contributed by atoms with van der Waals surface area (Å²) in [5, 5.41) is 2.91. The Morgan fingerprint density at radius 3 is 2.78 bits per heavy atom. The molecule has 0 bridgehead atoms. The summed E-state index contributed by atoms with van der Waals surface area (Å²) in [5.74, 6) is -0.338. The summed E-state index contributed by atoms with van der Waals surface area (Å²) < 4.78 is 14.9. The highest BCUT2D eigenvalue weighted by atomic mass is 32.1. The third kappa shape index (κ3) is 4.04. The van der Waals surface area contributed by atoms with Crippen LogP contribution in [0.4, 0.5) is 4.39 Å². The molecular formula is C17H16FN3OS. The Kier molecular flexibility index (Phi) is 4.83. The SMILES string of the molecule is O=C(NCCCn1ccnc1)c1ccc(-c2ccc(F)cc2)s1. The molecule has 0 fully saturated rings. The van der Waals surface area contributed by atoms with Crippen molar-refractivity contribution >= 4 is 17.2 Å². The van der Waals surface area contributed by atoms with Gasteiger partial charge in [0.1, 0.15) is 5.82 Å². The number of thiophene rings is 1. The molecule has 2 heterocycles. The molecule has 6 heteroatoms. The molecule has 0 aliphatic heterocycles. The van der Waals surface area contributed by atoms with Crippen LogP contribution in [0.5, 0.6) is 0 Å². The first-order chi connectivity index (χ1) is 11.2. The smallest absolute Gasteiger partial charge is 0.261 e. The minimum absolute atomic E-state index is 0.0750. The second-order valence-electron chi connectivity index (χ2n) is 5.08. The zero-order valence-electron chi connectivity index (χ0n) is 12.4. The number of carbonyl (C=O) groups excluding carboxylic acids is 1. The van der Waals surface area contributed by atoms with Crippen molar-refractivity contribution in [1.82, 2.24) is 14.9 Å². The quantitative estimate of drug-likeness (QED) is 0.703. The van der Waals surface area contributed by atoms with Crippen LogP contribution in [-0.2, 0) is 6.54 Å². The molecule has 23 heavy (non-hydrogen) atoms. The first kappa shape index (κ1) is 15.4. The zero-order valence-corrected chi connectivity index (χ0v) is 13.2. The van der Waals surface area contributed by atoms with E-state index in [1.807, 2.05) is 16.8 Å². The number of imidazole rings is 1. The number of amides is 1. The summed E-state index contributed by atoms with van der Waals surface area (Å²) in [5.41, 5.74) is 0.913. The van der Waals surface area contributed by atoms with E-state index in [9.17, 15) is 9.18 Å². The van der Waals surface area contributed by atoms with Gasteiger partial charge in [-0.2, -0.15) is 0 Å². The lowest BCUT2D eigenvalue weighted by Gasteiger charge is -2.04. The maximum atomic E-state index is 12.9. The highest BCUT2D eigenvalue weighted by molar-refractivity contribution is 7.17. The van der Waals surface area contributed by atoms with E-state index in [0.717, 1.165) is 23.4 Å².